The Balaban J connectivity index is 1.95. The van der Waals surface area contributed by atoms with E-state index in [4.69, 9.17) is 4.74 Å². The molecule has 1 aliphatic heterocycles. The molecule has 1 aromatic rings. The number of esters is 1. The number of carbonyl (C=O) groups is 2. The summed E-state index contributed by atoms with van der Waals surface area (Å²) in [5, 5.41) is 10.8. The average molecular weight is 320 g/mol. The van der Waals surface area contributed by atoms with Crippen LogP contribution in [0.15, 0.2) is 24.3 Å². The Morgan fingerprint density at radius 2 is 2.17 bits per heavy atom. The Bertz CT molecular complexity index is 602. The third-order valence-electron chi connectivity index (χ3n) is 3.85. The molecule has 0 spiro atoms. The van der Waals surface area contributed by atoms with Crippen molar-refractivity contribution in [3.05, 3.63) is 39.9 Å². The van der Waals surface area contributed by atoms with E-state index in [9.17, 15) is 19.7 Å². The van der Waals surface area contributed by atoms with Crippen LogP contribution in [0.25, 0.3) is 0 Å². The Kier molecular flexibility index (Phi) is 5.67. The second kappa shape index (κ2) is 7.71. The third-order valence-corrected chi connectivity index (χ3v) is 3.85. The van der Waals surface area contributed by atoms with Crippen molar-refractivity contribution in [1.82, 2.24) is 4.90 Å². The number of benzene rings is 1. The largest absolute Gasteiger partial charge is 0.456 e. The molecule has 7 heteroatoms. The van der Waals surface area contributed by atoms with Gasteiger partial charge in [-0.1, -0.05) is 18.6 Å². The van der Waals surface area contributed by atoms with Crippen molar-refractivity contribution in [2.24, 2.45) is 0 Å². The van der Waals surface area contributed by atoms with Crippen molar-refractivity contribution in [3.8, 4) is 0 Å². The number of hydrogen-bond acceptors (Lipinski definition) is 5. The quantitative estimate of drug-likeness (QED) is 0.472. The number of nitro benzene ring substituents is 1. The van der Waals surface area contributed by atoms with Gasteiger partial charge in [-0.3, -0.25) is 19.7 Å². The first-order chi connectivity index (χ1) is 11.0. The fourth-order valence-corrected chi connectivity index (χ4v) is 2.56. The standard InChI is InChI=1S/C16H20N2O5/c1-12(13-6-5-7-14(10-13)18(21)22)23-16(20)11-17-9-4-2-3-8-15(17)19/h5-7,10,12H,2-4,8-9,11H2,1H3/t12-/m1/s1. The Hall–Kier alpha value is -2.44. The molecule has 0 N–H and O–H groups in total. The predicted octanol–water partition coefficient (Wildman–Crippen LogP) is 2.60. The molecule has 1 amide bonds. The van der Waals surface area contributed by atoms with Gasteiger partial charge in [0.1, 0.15) is 12.6 Å². The van der Waals surface area contributed by atoms with E-state index in [1.165, 1.54) is 17.0 Å². The number of hydrogen-bond donors (Lipinski definition) is 0. The lowest BCUT2D eigenvalue weighted by molar-refractivity contribution is -0.385. The van der Waals surface area contributed by atoms with Crippen LogP contribution >= 0.6 is 0 Å². The van der Waals surface area contributed by atoms with Gasteiger partial charge in [0.15, 0.2) is 0 Å². The second-order valence-corrected chi connectivity index (χ2v) is 5.61. The maximum Gasteiger partial charge on any atom is 0.326 e. The highest BCUT2D eigenvalue weighted by atomic mass is 16.6. The number of likely N-dealkylation sites (tertiary alicyclic amines) is 1. The van der Waals surface area contributed by atoms with Crippen LogP contribution < -0.4 is 0 Å². The number of non-ortho nitro benzene ring substituents is 1. The first kappa shape index (κ1) is 16.9. The summed E-state index contributed by atoms with van der Waals surface area (Å²) < 4.78 is 5.31. The Labute approximate surface area is 134 Å². The fraction of sp³-hybridized carbons (Fsp3) is 0.500. The maximum absolute atomic E-state index is 12.0. The van der Waals surface area contributed by atoms with Crippen LogP contribution in [-0.4, -0.2) is 34.8 Å². The molecule has 1 fully saturated rings. The van der Waals surface area contributed by atoms with Gasteiger partial charge in [0.25, 0.3) is 5.69 Å². The van der Waals surface area contributed by atoms with E-state index in [1.54, 1.807) is 19.1 Å². The Morgan fingerprint density at radius 3 is 2.91 bits per heavy atom. The molecular formula is C16H20N2O5. The van der Waals surface area contributed by atoms with Gasteiger partial charge in [-0.2, -0.15) is 0 Å². The van der Waals surface area contributed by atoms with Crippen LogP contribution in [0.1, 0.15) is 44.3 Å². The molecule has 0 aromatic heterocycles. The lowest BCUT2D eigenvalue weighted by Gasteiger charge is -2.21. The van der Waals surface area contributed by atoms with Crippen LogP contribution in [0.5, 0.6) is 0 Å². The topological polar surface area (TPSA) is 89.8 Å². The molecule has 0 saturated carbocycles. The summed E-state index contributed by atoms with van der Waals surface area (Å²) >= 11 is 0. The molecule has 1 atom stereocenters. The second-order valence-electron chi connectivity index (χ2n) is 5.61. The van der Waals surface area contributed by atoms with Gasteiger partial charge >= 0.3 is 5.97 Å². The molecule has 0 unspecified atom stereocenters. The maximum atomic E-state index is 12.0. The molecule has 2 rings (SSSR count). The number of amides is 1. The molecule has 1 aromatic carbocycles. The molecule has 0 aliphatic carbocycles. The third kappa shape index (κ3) is 4.77. The highest BCUT2D eigenvalue weighted by Gasteiger charge is 2.21. The number of ether oxygens (including phenoxy) is 1. The average Bonchev–Trinajstić information content (AvgIpc) is 2.72. The van der Waals surface area contributed by atoms with Crippen molar-refractivity contribution in [2.75, 3.05) is 13.1 Å². The number of carbonyl (C=O) groups excluding carboxylic acids is 2. The smallest absolute Gasteiger partial charge is 0.326 e. The SMILES string of the molecule is C[C@@H](OC(=O)CN1CCCCCC1=O)c1cccc([N+](=O)[O-])c1. The van der Waals surface area contributed by atoms with Gasteiger partial charge in [-0.25, -0.2) is 0 Å². The van der Waals surface area contributed by atoms with E-state index in [-0.39, 0.29) is 18.1 Å². The zero-order valence-electron chi connectivity index (χ0n) is 13.1. The molecule has 0 bridgehead atoms. The van der Waals surface area contributed by atoms with Crippen LogP contribution in [-0.2, 0) is 14.3 Å². The molecular weight excluding hydrogens is 300 g/mol. The van der Waals surface area contributed by atoms with Crippen molar-refractivity contribution >= 4 is 17.6 Å². The molecule has 1 saturated heterocycles. The van der Waals surface area contributed by atoms with Crippen molar-refractivity contribution in [1.29, 1.82) is 0 Å². The van der Waals surface area contributed by atoms with Crippen molar-refractivity contribution < 1.29 is 19.2 Å². The van der Waals surface area contributed by atoms with E-state index < -0.39 is 17.0 Å². The summed E-state index contributed by atoms with van der Waals surface area (Å²) in [6.45, 7) is 2.15. The van der Waals surface area contributed by atoms with Crippen molar-refractivity contribution in [2.45, 2.75) is 38.7 Å². The van der Waals surface area contributed by atoms with Gasteiger partial charge in [-0.15, -0.1) is 0 Å². The summed E-state index contributed by atoms with van der Waals surface area (Å²) in [5.74, 6) is -0.526. The minimum Gasteiger partial charge on any atom is -0.456 e. The number of rotatable bonds is 5. The van der Waals surface area contributed by atoms with Crippen LogP contribution in [0, 0.1) is 10.1 Å². The predicted molar refractivity (Wildman–Crippen MR) is 82.7 cm³/mol. The summed E-state index contributed by atoms with van der Waals surface area (Å²) in [6, 6.07) is 5.99. The highest BCUT2D eigenvalue weighted by molar-refractivity contribution is 5.82. The Morgan fingerprint density at radius 1 is 1.39 bits per heavy atom. The van der Waals surface area contributed by atoms with Crippen LogP contribution in [0.3, 0.4) is 0 Å². The lowest BCUT2D eigenvalue weighted by Crippen LogP contribution is -2.36. The van der Waals surface area contributed by atoms with E-state index >= 15 is 0 Å². The van der Waals surface area contributed by atoms with Gasteiger partial charge in [0.05, 0.1) is 4.92 Å². The summed E-state index contributed by atoms with van der Waals surface area (Å²) in [7, 11) is 0. The molecule has 124 valence electrons. The summed E-state index contributed by atoms with van der Waals surface area (Å²) in [4.78, 5) is 35.7. The monoisotopic (exact) mass is 320 g/mol. The highest BCUT2D eigenvalue weighted by Crippen LogP contribution is 2.22. The lowest BCUT2D eigenvalue weighted by atomic mass is 10.1. The molecule has 23 heavy (non-hydrogen) atoms. The number of nitrogens with zero attached hydrogens (tertiary/aromatic N) is 2. The molecule has 1 heterocycles. The van der Waals surface area contributed by atoms with Crippen LogP contribution in [0.4, 0.5) is 5.69 Å². The van der Waals surface area contributed by atoms with Gasteiger partial charge in [0, 0.05) is 25.1 Å². The van der Waals surface area contributed by atoms with Gasteiger partial charge < -0.3 is 9.64 Å². The molecule has 1 aliphatic rings. The van der Waals surface area contributed by atoms with Gasteiger partial charge in [0.2, 0.25) is 5.91 Å². The first-order valence-corrected chi connectivity index (χ1v) is 7.69. The van der Waals surface area contributed by atoms with E-state index in [2.05, 4.69) is 0 Å². The van der Waals surface area contributed by atoms with Gasteiger partial charge in [-0.05, 0) is 25.3 Å². The van der Waals surface area contributed by atoms with Crippen LogP contribution in [0.2, 0.25) is 0 Å². The first-order valence-electron chi connectivity index (χ1n) is 7.69. The van der Waals surface area contributed by atoms with E-state index in [0.29, 0.717) is 18.5 Å². The summed E-state index contributed by atoms with van der Waals surface area (Å²) in [5.41, 5.74) is 0.503. The summed E-state index contributed by atoms with van der Waals surface area (Å²) in [6.07, 6.45) is 2.59. The normalized spacial score (nSPS) is 16.6. The van der Waals surface area contributed by atoms with E-state index in [1.807, 2.05) is 0 Å². The fourth-order valence-electron chi connectivity index (χ4n) is 2.56. The van der Waals surface area contributed by atoms with Crippen molar-refractivity contribution in [3.63, 3.8) is 0 Å². The molecule has 7 nitrogen and oxygen atoms in total. The zero-order valence-corrected chi connectivity index (χ0v) is 13.1. The minimum absolute atomic E-state index is 0.0255. The zero-order chi connectivity index (χ0) is 16.8. The molecule has 0 radical (unpaired) electrons. The van der Waals surface area contributed by atoms with E-state index in [0.717, 1.165) is 19.3 Å². The minimum atomic E-state index is -0.607. The number of nitro groups is 1.